The predicted octanol–water partition coefficient (Wildman–Crippen LogP) is 3.81. The second-order valence-corrected chi connectivity index (χ2v) is 5.97. The van der Waals surface area contributed by atoms with Gasteiger partial charge in [0.25, 0.3) is 5.91 Å². The number of rotatable bonds is 4. The van der Waals surface area contributed by atoms with Crippen molar-refractivity contribution in [2.24, 2.45) is 0 Å². The standard InChI is InChI=1S/C13H12Cl2N2OS/c1-8(5-9-3-2-4-19-9)17-13(18)10-6-12(15)16-7-11(10)14/h2-4,6-8H,5H2,1H3,(H,17,18). The van der Waals surface area contributed by atoms with Crippen LogP contribution in [-0.4, -0.2) is 16.9 Å². The summed E-state index contributed by atoms with van der Waals surface area (Å²) in [4.78, 5) is 17.1. The molecule has 0 radical (unpaired) electrons. The molecule has 1 atom stereocenters. The van der Waals surface area contributed by atoms with Crippen LogP contribution in [-0.2, 0) is 6.42 Å². The first kappa shape index (κ1) is 14.3. The summed E-state index contributed by atoms with van der Waals surface area (Å²) in [5.74, 6) is -0.238. The van der Waals surface area contributed by atoms with Crippen LogP contribution in [0.2, 0.25) is 10.2 Å². The number of hydrogen-bond donors (Lipinski definition) is 1. The third kappa shape index (κ3) is 3.93. The molecule has 0 aliphatic heterocycles. The summed E-state index contributed by atoms with van der Waals surface area (Å²) in [6.07, 6.45) is 2.17. The van der Waals surface area contributed by atoms with Gasteiger partial charge in [0.1, 0.15) is 5.15 Å². The second-order valence-electron chi connectivity index (χ2n) is 4.14. The van der Waals surface area contributed by atoms with Crippen LogP contribution in [0.1, 0.15) is 22.2 Å². The molecule has 6 heteroatoms. The first-order valence-corrected chi connectivity index (χ1v) is 7.34. The molecule has 100 valence electrons. The summed E-state index contributed by atoms with van der Waals surface area (Å²) >= 11 is 13.4. The third-order valence-electron chi connectivity index (χ3n) is 2.53. The van der Waals surface area contributed by atoms with Crippen molar-refractivity contribution >= 4 is 40.4 Å². The quantitative estimate of drug-likeness (QED) is 0.872. The minimum Gasteiger partial charge on any atom is -0.349 e. The van der Waals surface area contributed by atoms with Crippen LogP contribution >= 0.6 is 34.5 Å². The maximum atomic E-state index is 12.1. The van der Waals surface area contributed by atoms with E-state index in [2.05, 4.69) is 10.3 Å². The summed E-state index contributed by atoms with van der Waals surface area (Å²) in [6, 6.07) is 5.53. The Labute approximate surface area is 125 Å². The van der Waals surface area contributed by atoms with Crippen LogP contribution < -0.4 is 5.32 Å². The molecule has 1 amide bonds. The van der Waals surface area contributed by atoms with E-state index in [4.69, 9.17) is 23.2 Å². The van der Waals surface area contributed by atoms with Crippen molar-refractivity contribution in [3.63, 3.8) is 0 Å². The first-order valence-electron chi connectivity index (χ1n) is 5.70. The highest BCUT2D eigenvalue weighted by Gasteiger charge is 2.14. The summed E-state index contributed by atoms with van der Waals surface area (Å²) in [5, 5.41) is 5.46. The topological polar surface area (TPSA) is 42.0 Å². The molecule has 0 aliphatic rings. The summed E-state index contributed by atoms with van der Waals surface area (Å²) in [7, 11) is 0. The number of nitrogens with zero attached hydrogens (tertiary/aromatic N) is 1. The molecular weight excluding hydrogens is 303 g/mol. The average molecular weight is 315 g/mol. The lowest BCUT2D eigenvalue weighted by Crippen LogP contribution is -2.34. The van der Waals surface area contributed by atoms with E-state index in [1.165, 1.54) is 17.1 Å². The van der Waals surface area contributed by atoms with E-state index >= 15 is 0 Å². The van der Waals surface area contributed by atoms with Crippen LogP contribution in [0.4, 0.5) is 0 Å². The highest BCUT2D eigenvalue weighted by Crippen LogP contribution is 2.18. The molecule has 1 unspecified atom stereocenters. The van der Waals surface area contributed by atoms with Crippen LogP contribution in [0.3, 0.4) is 0 Å². The zero-order chi connectivity index (χ0) is 13.8. The van der Waals surface area contributed by atoms with Crippen LogP contribution in [0.15, 0.2) is 29.8 Å². The molecule has 0 bridgehead atoms. The summed E-state index contributed by atoms with van der Waals surface area (Å²) in [6.45, 7) is 1.95. The smallest absolute Gasteiger partial charge is 0.253 e. The molecule has 2 aromatic rings. The largest absolute Gasteiger partial charge is 0.349 e. The zero-order valence-electron chi connectivity index (χ0n) is 10.2. The van der Waals surface area contributed by atoms with E-state index in [1.807, 2.05) is 24.4 Å². The normalized spacial score (nSPS) is 12.2. The van der Waals surface area contributed by atoms with Gasteiger partial charge in [-0.1, -0.05) is 29.3 Å². The fourth-order valence-corrected chi connectivity index (χ4v) is 2.85. The average Bonchev–Trinajstić information content (AvgIpc) is 2.84. The molecule has 19 heavy (non-hydrogen) atoms. The van der Waals surface area contributed by atoms with E-state index in [-0.39, 0.29) is 17.1 Å². The highest BCUT2D eigenvalue weighted by atomic mass is 35.5. The van der Waals surface area contributed by atoms with Gasteiger partial charge in [-0.3, -0.25) is 4.79 Å². The molecule has 0 saturated carbocycles. The molecule has 2 aromatic heterocycles. The van der Waals surface area contributed by atoms with Gasteiger partial charge in [0.05, 0.1) is 10.6 Å². The van der Waals surface area contributed by atoms with Gasteiger partial charge in [0, 0.05) is 23.5 Å². The van der Waals surface area contributed by atoms with Crippen LogP contribution in [0, 0.1) is 0 Å². The molecule has 0 fully saturated rings. The third-order valence-corrected chi connectivity index (χ3v) is 3.94. The number of halogens is 2. The van der Waals surface area contributed by atoms with Crippen molar-refractivity contribution in [2.75, 3.05) is 0 Å². The van der Waals surface area contributed by atoms with Crippen molar-refractivity contribution < 1.29 is 4.79 Å². The van der Waals surface area contributed by atoms with Crippen molar-refractivity contribution in [1.82, 2.24) is 10.3 Å². The van der Waals surface area contributed by atoms with E-state index in [0.29, 0.717) is 10.6 Å². The van der Waals surface area contributed by atoms with Gasteiger partial charge in [-0.15, -0.1) is 11.3 Å². The number of aromatic nitrogens is 1. The SMILES string of the molecule is CC(Cc1cccs1)NC(=O)c1cc(Cl)ncc1Cl. The molecular formula is C13H12Cl2N2OS. The Morgan fingerprint density at radius 3 is 3.00 bits per heavy atom. The van der Waals surface area contributed by atoms with E-state index in [0.717, 1.165) is 6.42 Å². The number of thiophene rings is 1. The Kier molecular flexibility index (Phi) is 4.80. The van der Waals surface area contributed by atoms with Gasteiger partial charge in [0.2, 0.25) is 0 Å². The van der Waals surface area contributed by atoms with Gasteiger partial charge in [0.15, 0.2) is 0 Å². The summed E-state index contributed by atoms with van der Waals surface area (Å²) < 4.78 is 0. The number of nitrogens with one attached hydrogen (secondary N) is 1. The summed E-state index contributed by atoms with van der Waals surface area (Å²) in [5.41, 5.74) is 0.347. The molecule has 2 rings (SSSR count). The van der Waals surface area contributed by atoms with Crippen molar-refractivity contribution in [3.8, 4) is 0 Å². The molecule has 0 spiro atoms. The lowest BCUT2D eigenvalue weighted by atomic mass is 10.2. The lowest BCUT2D eigenvalue weighted by molar-refractivity contribution is 0.0940. The van der Waals surface area contributed by atoms with E-state index in [9.17, 15) is 4.79 Å². The van der Waals surface area contributed by atoms with Gasteiger partial charge < -0.3 is 5.32 Å². The number of carbonyl (C=O) groups excluding carboxylic acids is 1. The zero-order valence-corrected chi connectivity index (χ0v) is 12.5. The molecule has 3 nitrogen and oxygen atoms in total. The van der Waals surface area contributed by atoms with Crippen LogP contribution in [0.5, 0.6) is 0 Å². The Morgan fingerprint density at radius 1 is 1.53 bits per heavy atom. The van der Waals surface area contributed by atoms with E-state index in [1.54, 1.807) is 11.3 Å². The highest BCUT2D eigenvalue weighted by molar-refractivity contribution is 7.09. The fraction of sp³-hybridized carbons (Fsp3) is 0.231. The van der Waals surface area contributed by atoms with Gasteiger partial charge in [-0.05, 0) is 24.4 Å². The van der Waals surface area contributed by atoms with Crippen molar-refractivity contribution in [2.45, 2.75) is 19.4 Å². The molecule has 0 saturated heterocycles. The minimum atomic E-state index is -0.238. The van der Waals surface area contributed by atoms with Crippen LogP contribution in [0.25, 0.3) is 0 Å². The Bertz CT molecular complexity index is 572. The number of amides is 1. The number of carbonyl (C=O) groups is 1. The Balaban J connectivity index is 2.02. The first-order chi connectivity index (χ1) is 9.06. The van der Waals surface area contributed by atoms with Gasteiger partial charge in [-0.25, -0.2) is 4.98 Å². The Hall–Kier alpha value is -1.10. The molecule has 0 aromatic carbocycles. The number of pyridine rings is 1. The predicted molar refractivity (Wildman–Crippen MR) is 79.2 cm³/mol. The lowest BCUT2D eigenvalue weighted by Gasteiger charge is -2.13. The van der Waals surface area contributed by atoms with E-state index < -0.39 is 0 Å². The monoisotopic (exact) mass is 314 g/mol. The molecule has 0 aliphatic carbocycles. The number of hydrogen-bond acceptors (Lipinski definition) is 3. The fourth-order valence-electron chi connectivity index (χ4n) is 1.67. The Morgan fingerprint density at radius 2 is 2.32 bits per heavy atom. The maximum Gasteiger partial charge on any atom is 0.253 e. The molecule has 1 N–H and O–H groups in total. The van der Waals surface area contributed by atoms with Gasteiger partial charge in [-0.2, -0.15) is 0 Å². The molecule has 2 heterocycles. The second kappa shape index (κ2) is 6.37. The van der Waals surface area contributed by atoms with Crippen molar-refractivity contribution in [3.05, 3.63) is 50.4 Å². The van der Waals surface area contributed by atoms with Gasteiger partial charge >= 0.3 is 0 Å². The maximum absolute atomic E-state index is 12.1. The van der Waals surface area contributed by atoms with Crippen molar-refractivity contribution in [1.29, 1.82) is 0 Å². The minimum absolute atomic E-state index is 0.0224.